The van der Waals surface area contributed by atoms with E-state index in [1.54, 1.807) is 6.07 Å². The molecular weight excluding hydrogens is 765 g/mol. The number of hydrogen-bond donors (Lipinski definition) is 7. The number of allylic oxidation sites excluding steroid dienone is 4. The van der Waals surface area contributed by atoms with Crippen molar-refractivity contribution in [2.45, 2.75) is 143 Å². The van der Waals surface area contributed by atoms with Crippen LogP contribution < -0.4 is 11.1 Å². The van der Waals surface area contributed by atoms with E-state index in [2.05, 4.69) is 32.2 Å². The molecule has 0 fully saturated rings. The molecule has 2 atom stereocenters. The zero-order valence-electron chi connectivity index (χ0n) is 36.7. The number of carboxylic acids is 1. The number of rotatable bonds is 15. The van der Waals surface area contributed by atoms with Crippen molar-refractivity contribution in [3.05, 3.63) is 141 Å². The maximum absolute atomic E-state index is 13.1. The van der Waals surface area contributed by atoms with Crippen LogP contribution in [0.4, 0.5) is 0 Å². The predicted octanol–water partition coefficient (Wildman–Crippen LogP) is 11.9. The molecule has 0 heterocycles. The lowest BCUT2D eigenvalue weighted by molar-refractivity contribution is 0.0691. The summed E-state index contributed by atoms with van der Waals surface area (Å²) in [5, 5.41) is 55.3. The molecule has 4 aromatic rings. The Balaban J connectivity index is 0.000000232. The van der Waals surface area contributed by atoms with E-state index in [1.807, 2.05) is 73.7 Å². The Morgan fingerprint density at radius 1 is 0.656 bits per heavy atom. The van der Waals surface area contributed by atoms with E-state index in [9.17, 15) is 35.1 Å². The highest BCUT2D eigenvalue weighted by Gasteiger charge is 2.29. The Morgan fingerprint density at radius 2 is 1.10 bits per heavy atom. The van der Waals surface area contributed by atoms with Gasteiger partial charge in [0, 0.05) is 36.1 Å². The number of phenolic OH excluding ortho intramolecular Hbond substituents is 3. The number of phenols is 4. The average molecular weight is 833 g/mol. The van der Waals surface area contributed by atoms with Gasteiger partial charge in [0.05, 0.1) is 5.56 Å². The number of nitrogens with one attached hydrogen (secondary N) is 1. The summed E-state index contributed by atoms with van der Waals surface area (Å²) in [5.41, 5.74) is 12.3. The highest BCUT2D eigenvalue weighted by Crippen LogP contribution is 2.45. The summed E-state index contributed by atoms with van der Waals surface area (Å²) in [4.78, 5) is 24.8. The van der Waals surface area contributed by atoms with Crippen molar-refractivity contribution in [3.8, 4) is 23.0 Å². The molecule has 2 aliphatic carbocycles. The van der Waals surface area contributed by atoms with E-state index in [-0.39, 0.29) is 46.3 Å². The van der Waals surface area contributed by atoms with Crippen LogP contribution in [-0.2, 0) is 25.9 Å². The van der Waals surface area contributed by atoms with Crippen LogP contribution in [-0.4, -0.2) is 37.4 Å². The van der Waals surface area contributed by atoms with Gasteiger partial charge in [-0.1, -0.05) is 123 Å². The van der Waals surface area contributed by atoms with Crippen molar-refractivity contribution in [1.29, 1.82) is 0 Å². The third-order valence-electron chi connectivity index (χ3n) is 11.6. The molecule has 9 nitrogen and oxygen atoms in total. The van der Waals surface area contributed by atoms with Gasteiger partial charge >= 0.3 is 5.97 Å². The number of carbonyl (C=O) groups is 2. The molecular formula is C52H68N2O7. The maximum Gasteiger partial charge on any atom is 0.339 e. The molecule has 0 aliphatic heterocycles. The molecule has 0 saturated heterocycles. The van der Waals surface area contributed by atoms with Gasteiger partial charge in [-0.05, 0) is 112 Å². The minimum Gasteiger partial charge on any atom is -0.507 e. The van der Waals surface area contributed by atoms with Crippen LogP contribution >= 0.6 is 0 Å². The maximum atomic E-state index is 13.1. The standard InChI is InChI=1S/C26H33NO3.C19H26O4.C7H9N/c1-3-4-6-13-21-16-22(28)23(20-14-9-10-18(2)15-20)25(29)24(21)26(30)27-17-19-11-7-5-8-12-19;1-3-4-5-8-14-11-15(20)16(18(21)17(14)19(22)23)13-9-6-7-12(2)10-13;8-6-7-4-2-1-3-5-7/h5,7-8,11-12,15-16,20,28-29H,3-4,6,9-10,13-14,17H2,1-2H3,(H,27,30);10-11,13,20-21H,3-9H2,1-2H3,(H,22,23);1-5H,6,8H2. The van der Waals surface area contributed by atoms with Crippen molar-refractivity contribution in [3.63, 3.8) is 0 Å². The molecule has 0 saturated carbocycles. The molecule has 6 rings (SSSR count). The van der Waals surface area contributed by atoms with E-state index in [0.717, 1.165) is 82.6 Å². The van der Waals surface area contributed by atoms with E-state index in [1.165, 1.54) is 22.8 Å². The molecule has 61 heavy (non-hydrogen) atoms. The third kappa shape index (κ3) is 14.0. The molecule has 4 aromatic carbocycles. The lowest BCUT2D eigenvalue weighted by Crippen LogP contribution is -2.24. The van der Waals surface area contributed by atoms with E-state index in [4.69, 9.17) is 5.73 Å². The number of aromatic carboxylic acids is 1. The van der Waals surface area contributed by atoms with Gasteiger partial charge in [0.2, 0.25) is 0 Å². The van der Waals surface area contributed by atoms with E-state index in [0.29, 0.717) is 53.7 Å². The monoisotopic (exact) mass is 833 g/mol. The highest BCUT2D eigenvalue weighted by atomic mass is 16.4. The number of unbranched alkanes of at least 4 members (excludes halogenated alkanes) is 4. The van der Waals surface area contributed by atoms with Crippen molar-refractivity contribution >= 4 is 11.9 Å². The molecule has 0 aromatic heterocycles. The molecule has 0 bridgehead atoms. The van der Waals surface area contributed by atoms with Gasteiger partial charge in [-0.2, -0.15) is 0 Å². The lowest BCUT2D eigenvalue weighted by atomic mass is 9.83. The molecule has 8 N–H and O–H groups in total. The Kier molecular flexibility index (Phi) is 19.5. The van der Waals surface area contributed by atoms with Crippen molar-refractivity contribution < 1.29 is 35.1 Å². The summed E-state index contributed by atoms with van der Waals surface area (Å²) >= 11 is 0. The first-order valence-corrected chi connectivity index (χ1v) is 22.2. The second-order valence-electron chi connectivity index (χ2n) is 16.5. The fourth-order valence-corrected chi connectivity index (χ4v) is 8.35. The Hall–Kier alpha value is -5.54. The van der Waals surface area contributed by atoms with Gasteiger partial charge in [-0.25, -0.2) is 4.79 Å². The lowest BCUT2D eigenvalue weighted by Gasteiger charge is -2.24. The number of aromatic hydroxyl groups is 4. The Bertz CT molecular complexity index is 2090. The van der Waals surface area contributed by atoms with Gasteiger partial charge < -0.3 is 36.6 Å². The summed E-state index contributed by atoms with van der Waals surface area (Å²) in [5.74, 6) is -1.84. The molecule has 2 aliphatic rings. The molecule has 2 unspecified atom stereocenters. The summed E-state index contributed by atoms with van der Waals surface area (Å²) in [6, 6.07) is 22.9. The smallest absolute Gasteiger partial charge is 0.339 e. The molecule has 9 heteroatoms. The number of aryl methyl sites for hydroxylation is 2. The van der Waals surface area contributed by atoms with Crippen LogP contribution in [0.3, 0.4) is 0 Å². The van der Waals surface area contributed by atoms with Crippen LogP contribution in [0.5, 0.6) is 23.0 Å². The van der Waals surface area contributed by atoms with E-state index >= 15 is 0 Å². The minimum absolute atomic E-state index is 0.00921. The van der Waals surface area contributed by atoms with Crippen LogP contribution in [0.2, 0.25) is 0 Å². The van der Waals surface area contributed by atoms with Crippen LogP contribution in [0, 0.1) is 0 Å². The van der Waals surface area contributed by atoms with Gasteiger partial charge in [-0.3, -0.25) is 4.79 Å². The summed E-state index contributed by atoms with van der Waals surface area (Å²) in [6.07, 6.45) is 17.0. The minimum atomic E-state index is -1.13. The Morgan fingerprint density at radius 3 is 1.51 bits per heavy atom. The number of amides is 1. The summed E-state index contributed by atoms with van der Waals surface area (Å²) in [7, 11) is 0. The third-order valence-corrected chi connectivity index (χ3v) is 11.6. The van der Waals surface area contributed by atoms with E-state index < -0.39 is 5.97 Å². The molecule has 0 radical (unpaired) electrons. The van der Waals surface area contributed by atoms with Gasteiger partial charge in [0.25, 0.3) is 5.91 Å². The molecule has 1 amide bonds. The van der Waals surface area contributed by atoms with Gasteiger partial charge in [-0.15, -0.1) is 0 Å². The largest absolute Gasteiger partial charge is 0.507 e. The summed E-state index contributed by atoms with van der Waals surface area (Å²) < 4.78 is 0. The first kappa shape index (κ1) is 48.1. The zero-order chi connectivity index (χ0) is 44.3. The van der Waals surface area contributed by atoms with Crippen molar-refractivity contribution in [2.75, 3.05) is 0 Å². The number of hydrogen-bond acceptors (Lipinski definition) is 7. The van der Waals surface area contributed by atoms with Gasteiger partial charge in [0.15, 0.2) is 0 Å². The Labute approximate surface area is 363 Å². The van der Waals surface area contributed by atoms with Crippen LogP contribution in [0.15, 0.2) is 96.1 Å². The van der Waals surface area contributed by atoms with Crippen molar-refractivity contribution in [1.82, 2.24) is 5.32 Å². The predicted molar refractivity (Wildman–Crippen MR) is 246 cm³/mol. The quantitative estimate of drug-likeness (QED) is 0.0458. The van der Waals surface area contributed by atoms with Gasteiger partial charge in [0.1, 0.15) is 28.6 Å². The topological polar surface area (TPSA) is 173 Å². The van der Waals surface area contributed by atoms with Crippen molar-refractivity contribution in [2.24, 2.45) is 5.73 Å². The average Bonchev–Trinajstić information content (AvgIpc) is 3.24. The van der Waals surface area contributed by atoms with Crippen LogP contribution in [0.25, 0.3) is 0 Å². The SMILES string of the molecule is CCCCCc1cc(O)c(C2C=C(C)CCC2)c(O)c1C(=O)NCc1ccccc1.CCCCCc1cc(O)c(C2C=C(C)CCC2)c(O)c1C(=O)O.NCc1ccccc1. The highest BCUT2D eigenvalue weighted by molar-refractivity contribution is 5.99. The fraction of sp³-hybridized carbons (Fsp3) is 0.423. The number of carbonyl (C=O) groups excluding carboxylic acids is 1. The summed E-state index contributed by atoms with van der Waals surface area (Å²) in [6.45, 7) is 9.34. The second-order valence-corrected chi connectivity index (χ2v) is 16.5. The molecule has 328 valence electrons. The normalized spacial score (nSPS) is 15.9. The fourth-order valence-electron chi connectivity index (χ4n) is 8.35. The number of benzene rings is 4. The molecule has 0 spiro atoms. The number of carboxylic acid groups (broad SMARTS) is 1. The second kappa shape index (κ2) is 24.7. The first-order valence-electron chi connectivity index (χ1n) is 22.2. The first-order chi connectivity index (χ1) is 29.4. The number of nitrogens with two attached hydrogens (primary N) is 1. The van der Waals surface area contributed by atoms with Crippen LogP contribution in [0.1, 0.15) is 171 Å². The zero-order valence-corrected chi connectivity index (χ0v) is 36.7.